The number of carbonyl (C=O) groups is 2. The van der Waals surface area contributed by atoms with E-state index in [9.17, 15) is 9.59 Å². The van der Waals surface area contributed by atoms with Gasteiger partial charge in [0.25, 0.3) is 0 Å². The van der Waals surface area contributed by atoms with Gasteiger partial charge in [0.05, 0.1) is 5.92 Å². The summed E-state index contributed by atoms with van der Waals surface area (Å²) in [6.45, 7) is 4.01. The molecule has 1 fully saturated rings. The molecule has 5 nitrogen and oxygen atoms in total. The third-order valence-corrected chi connectivity index (χ3v) is 4.14. The van der Waals surface area contributed by atoms with Crippen molar-refractivity contribution >= 4 is 17.5 Å². The molecule has 0 aliphatic carbocycles. The molecule has 1 atom stereocenters. The number of rotatable bonds is 5. The third kappa shape index (κ3) is 5.06. The van der Waals surface area contributed by atoms with E-state index in [1.807, 2.05) is 44.1 Å². The molecule has 0 bridgehead atoms. The van der Waals surface area contributed by atoms with Crippen molar-refractivity contribution in [2.75, 3.05) is 32.5 Å². The van der Waals surface area contributed by atoms with Crippen molar-refractivity contribution in [2.45, 2.75) is 32.7 Å². The molecule has 0 saturated carbocycles. The van der Waals surface area contributed by atoms with Gasteiger partial charge in [-0.3, -0.25) is 9.59 Å². The fraction of sp³-hybridized carbons (Fsp3) is 0.556. The Morgan fingerprint density at radius 2 is 2.13 bits per heavy atom. The first kappa shape index (κ1) is 17.5. The second-order valence-electron chi connectivity index (χ2n) is 6.46. The molecule has 1 aromatic rings. The van der Waals surface area contributed by atoms with Crippen molar-refractivity contribution in [3.63, 3.8) is 0 Å². The lowest BCUT2D eigenvalue weighted by Gasteiger charge is -2.32. The van der Waals surface area contributed by atoms with Gasteiger partial charge < -0.3 is 15.1 Å². The average molecular weight is 317 g/mol. The molecule has 126 valence electrons. The van der Waals surface area contributed by atoms with Crippen molar-refractivity contribution in [3.8, 4) is 0 Å². The Balaban J connectivity index is 1.97. The third-order valence-electron chi connectivity index (χ3n) is 4.14. The zero-order valence-corrected chi connectivity index (χ0v) is 14.3. The first-order valence-corrected chi connectivity index (χ1v) is 8.32. The SMILES string of the molecule is CCC(=O)N1CCCC(C(=O)Nc2cccc(CN(C)C)c2)C1. The van der Waals surface area contributed by atoms with Gasteiger partial charge in [-0.05, 0) is 44.6 Å². The molecule has 2 rings (SSSR count). The predicted molar refractivity (Wildman–Crippen MR) is 92.1 cm³/mol. The quantitative estimate of drug-likeness (QED) is 0.907. The number of piperidine rings is 1. The van der Waals surface area contributed by atoms with Crippen LogP contribution in [0.2, 0.25) is 0 Å². The molecule has 0 radical (unpaired) electrons. The largest absolute Gasteiger partial charge is 0.342 e. The van der Waals surface area contributed by atoms with Crippen LogP contribution in [0.25, 0.3) is 0 Å². The zero-order chi connectivity index (χ0) is 16.8. The number of nitrogens with one attached hydrogen (secondary N) is 1. The fourth-order valence-electron chi connectivity index (χ4n) is 3.00. The van der Waals surface area contributed by atoms with Crippen LogP contribution in [-0.2, 0) is 16.1 Å². The lowest BCUT2D eigenvalue weighted by molar-refractivity contribution is -0.134. The molecule has 0 aromatic heterocycles. The molecule has 1 saturated heterocycles. The lowest BCUT2D eigenvalue weighted by Crippen LogP contribution is -2.43. The van der Waals surface area contributed by atoms with E-state index in [2.05, 4.69) is 16.3 Å². The average Bonchev–Trinajstić information content (AvgIpc) is 2.54. The first-order valence-electron chi connectivity index (χ1n) is 8.32. The van der Waals surface area contributed by atoms with Gasteiger partial charge >= 0.3 is 0 Å². The number of carbonyl (C=O) groups excluding carboxylic acids is 2. The maximum absolute atomic E-state index is 12.5. The van der Waals surface area contributed by atoms with Crippen molar-refractivity contribution < 1.29 is 9.59 Å². The maximum Gasteiger partial charge on any atom is 0.229 e. The van der Waals surface area contributed by atoms with Gasteiger partial charge in [-0.15, -0.1) is 0 Å². The normalized spacial score (nSPS) is 18.1. The number of anilines is 1. The summed E-state index contributed by atoms with van der Waals surface area (Å²) in [5.41, 5.74) is 1.99. The Morgan fingerprint density at radius 1 is 1.35 bits per heavy atom. The topological polar surface area (TPSA) is 52.7 Å². The number of hydrogen-bond acceptors (Lipinski definition) is 3. The molecule has 5 heteroatoms. The summed E-state index contributed by atoms with van der Waals surface area (Å²) in [7, 11) is 4.04. The predicted octanol–water partition coefficient (Wildman–Crippen LogP) is 2.34. The number of likely N-dealkylation sites (tertiary alicyclic amines) is 1. The van der Waals surface area contributed by atoms with Crippen LogP contribution in [0.5, 0.6) is 0 Å². The molecule has 1 aliphatic rings. The number of amides is 2. The number of benzene rings is 1. The van der Waals surface area contributed by atoms with E-state index >= 15 is 0 Å². The Hall–Kier alpha value is -1.88. The van der Waals surface area contributed by atoms with Gasteiger partial charge in [-0.1, -0.05) is 19.1 Å². The summed E-state index contributed by atoms with van der Waals surface area (Å²) in [6.07, 6.45) is 2.24. The molecular weight excluding hydrogens is 290 g/mol. The Morgan fingerprint density at radius 3 is 2.83 bits per heavy atom. The van der Waals surface area contributed by atoms with Crippen LogP contribution >= 0.6 is 0 Å². The highest BCUT2D eigenvalue weighted by molar-refractivity contribution is 5.93. The van der Waals surface area contributed by atoms with Gasteiger partial charge in [-0.25, -0.2) is 0 Å². The second-order valence-corrected chi connectivity index (χ2v) is 6.46. The summed E-state index contributed by atoms with van der Waals surface area (Å²) < 4.78 is 0. The molecule has 1 unspecified atom stereocenters. The van der Waals surface area contributed by atoms with Gasteiger partial charge in [-0.2, -0.15) is 0 Å². The highest BCUT2D eigenvalue weighted by Gasteiger charge is 2.27. The van der Waals surface area contributed by atoms with E-state index < -0.39 is 0 Å². The summed E-state index contributed by atoms with van der Waals surface area (Å²) in [4.78, 5) is 28.2. The van der Waals surface area contributed by atoms with Crippen LogP contribution in [-0.4, -0.2) is 48.8 Å². The molecule has 0 spiro atoms. The molecule has 23 heavy (non-hydrogen) atoms. The Labute approximate surface area is 138 Å². The minimum absolute atomic E-state index is 0.0145. The number of hydrogen-bond donors (Lipinski definition) is 1. The molecule has 1 aliphatic heterocycles. The summed E-state index contributed by atoms with van der Waals surface area (Å²) in [5, 5.41) is 3.01. The lowest BCUT2D eigenvalue weighted by atomic mass is 9.96. The standard InChI is InChI=1S/C18H27N3O2/c1-4-17(22)21-10-6-8-15(13-21)18(23)19-16-9-5-7-14(11-16)12-20(2)3/h5,7,9,11,15H,4,6,8,10,12-13H2,1-3H3,(H,19,23). The van der Waals surface area contributed by atoms with Crippen LogP contribution < -0.4 is 5.32 Å². The van der Waals surface area contributed by atoms with Gasteiger partial charge in [0, 0.05) is 31.7 Å². The van der Waals surface area contributed by atoms with Crippen LogP contribution in [0.15, 0.2) is 24.3 Å². The molecule has 1 aromatic carbocycles. The minimum Gasteiger partial charge on any atom is -0.342 e. The Kier molecular flexibility index (Phi) is 6.16. The zero-order valence-electron chi connectivity index (χ0n) is 14.3. The second kappa shape index (κ2) is 8.11. The van der Waals surface area contributed by atoms with E-state index in [4.69, 9.17) is 0 Å². The van der Waals surface area contributed by atoms with Crippen molar-refractivity contribution in [3.05, 3.63) is 29.8 Å². The van der Waals surface area contributed by atoms with E-state index in [1.54, 1.807) is 0 Å². The van der Waals surface area contributed by atoms with Crippen molar-refractivity contribution in [2.24, 2.45) is 5.92 Å². The van der Waals surface area contributed by atoms with Crippen LogP contribution in [0, 0.1) is 5.92 Å². The van der Waals surface area contributed by atoms with Crippen LogP contribution in [0.1, 0.15) is 31.7 Å². The molecule has 2 amide bonds. The van der Waals surface area contributed by atoms with Crippen molar-refractivity contribution in [1.82, 2.24) is 9.80 Å². The van der Waals surface area contributed by atoms with E-state index in [0.717, 1.165) is 31.6 Å². The summed E-state index contributed by atoms with van der Waals surface area (Å²) in [5.74, 6) is 0.0350. The minimum atomic E-state index is -0.114. The molecular formula is C18H27N3O2. The highest BCUT2D eigenvalue weighted by Crippen LogP contribution is 2.20. The van der Waals surface area contributed by atoms with Gasteiger partial charge in [0.15, 0.2) is 0 Å². The maximum atomic E-state index is 12.5. The van der Waals surface area contributed by atoms with Gasteiger partial charge in [0.1, 0.15) is 0 Å². The van der Waals surface area contributed by atoms with Crippen molar-refractivity contribution in [1.29, 1.82) is 0 Å². The molecule has 1 N–H and O–H groups in total. The summed E-state index contributed by atoms with van der Waals surface area (Å²) >= 11 is 0. The fourth-order valence-corrected chi connectivity index (χ4v) is 3.00. The van der Waals surface area contributed by atoms with E-state index in [1.165, 1.54) is 5.56 Å². The smallest absolute Gasteiger partial charge is 0.229 e. The first-order chi connectivity index (χ1) is 11.0. The van der Waals surface area contributed by atoms with Gasteiger partial charge in [0.2, 0.25) is 11.8 Å². The molecule has 1 heterocycles. The van der Waals surface area contributed by atoms with E-state index in [0.29, 0.717) is 13.0 Å². The van der Waals surface area contributed by atoms with Crippen LogP contribution in [0.3, 0.4) is 0 Å². The van der Waals surface area contributed by atoms with Crippen LogP contribution in [0.4, 0.5) is 5.69 Å². The number of nitrogens with zero attached hydrogens (tertiary/aromatic N) is 2. The highest BCUT2D eigenvalue weighted by atomic mass is 16.2. The monoisotopic (exact) mass is 317 g/mol. The Bertz CT molecular complexity index is 557. The van der Waals surface area contributed by atoms with E-state index in [-0.39, 0.29) is 17.7 Å². The summed E-state index contributed by atoms with van der Waals surface area (Å²) in [6, 6.07) is 7.94.